The van der Waals surface area contributed by atoms with Gasteiger partial charge >= 0.3 is 0 Å². The largest absolute Gasteiger partial charge is 0.326 e. The Morgan fingerprint density at radius 3 is 2.42 bits per heavy atom. The predicted molar refractivity (Wildman–Crippen MR) is 98.5 cm³/mol. The molecule has 2 amide bonds. The fraction of sp³-hybridized carbons (Fsp3) is 0.263. The molecule has 4 nitrogen and oxygen atoms in total. The van der Waals surface area contributed by atoms with E-state index in [9.17, 15) is 9.59 Å². The topological polar surface area (TPSA) is 49.4 Å². The Kier molecular flexibility index (Phi) is 6.38. The van der Waals surface area contributed by atoms with E-state index in [1.165, 1.54) is 11.8 Å². The van der Waals surface area contributed by atoms with Gasteiger partial charge in [0.2, 0.25) is 11.8 Å². The van der Waals surface area contributed by atoms with Crippen molar-refractivity contribution in [1.29, 1.82) is 0 Å². The summed E-state index contributed by atoms with van der Waals surface area (Å²) in [6.07, 6.45) is 1.04. The summed E-state index contributed by atoms with van der Waals surface area (Å²) in [5.74, 6) is -0.279. The first kappa shape index (κ1) is 18.0. The predicted octanol–water partition coefficient (Wildman–Crippen LogP) is 4.28. The number of anilines is 2. The number of carbonyl (C=O) groups is 2. The number of carbonyl (C=O) groups excluding carboxylic acids is 2. The molecule has 0 spiro atoms. The lowest BCUT2D eigenvalue weighted by molar-refractivity contribution is -0.117. The Morgan fingerprint density at radius 2 is 1.75 bits per heavy atom. The number of nitrogens with one attached hydrogen (secondary N) is 1. The number of aryl methyl sites for hydroxylation is 1. The summed E-state index contributed by atoms with van der Waals surface area (Å²) in [5.41, 5.74) is 2.52. The molecule has 0 saturated carbocycles. The van der Waals surface area contributed by atoms with Crippen LogP contribution in [0.3, 0.4) is 0 Å². The normalized spacial score (nSPS) is 10.3. The lowest BCUT2D eigenvalue weighted by Crippen LogP contribution is -2.32. The number of para-hydroxylation sites is 2. The van der Waals surface area contributed by atoms with Gasteiger partial charge < -0.3 is 10.2 Å². The molecule has 0 saturated heterocycles. The van der Waals surface area contributed by atoms with Gasteiger partial charge in [-0.3, -0.25) is 9.59 Å². The van der Waals surface area contributed by atoms with Gasteiger partial charge in [0.25, 0.3) is 0 Å². The van der Waals surface area contributed by atoms with Gasteiger partial charge in [-0.2, -0.15) is 0 Å². The Morgan fingerprint density at radius 1 is 1.08 bits per heavy atom. The summed E-state index contributed by atoms with van der Waals surface area (Å²) in [5, 5.41) is 3.40. The van der Waals surface area contributed by atoms with Crippen molar-refractivity contribution < 1.29 is 9.59 Å². The maximum Gasteiger partial charge on any atom is 0.226 e. The van der Waals surface area contributed by atoms with E-state index in [1.807, 2.05) is 37.3 Å². The van der Waals surface area contributed by atoms with Crippen molar-refractivity contribution in [3.63, 3.8) is 0 Å². The molecular formula is C19H21ClN2O2. The average Bonchev–Trinajstić information content (AvgIpc) is 2.57. The zero-order valence-corrected chi connectivity index (χ0v) is 14.6. The minimum absolute atomic E-state index is 0.130. The summed E-state index contributed by atoms with van der Waals surface area (Å²) in [6, 6.07) is 14.8. The third kappa shape index (κ3) is 4.59. The number of hydrogen-bond donors (Lipinski definition) is 1. The number of hydrogen-bond acceptors (Lipinski definition) is 2. The molecule has 0 aliphatic rings. The van der Waals surface area contributed by atoms with Crippen molar-refractivity contribution in [2.45, 2.75) is 26.7 Å². The highest BCUT2D eigenvalue weighted by Gasteiger charge is 2.16. The van der Waals surface area contributed by atoms with Gasteiger partial charge in [-0.25, -0.2) is 0 Å². The van der Waals surface area contributed by atoms with E-state index >= 15 is 0 Å². The summed E-state index contributed by atoms with van der Waals surface area (Å²) >= 11 is 6.15. The number of rotatable bonds is 6. The van der Waals surface area contributed by atoms with Crippen molar-refractivity contribution in [3.8, 4) is 0 Å². The van der Waals surface area contributed by atoms with Crippen LogP contribution in [-0.4, -0.2) is 18.4 Å². The van der Waals surface area contributed by atoms with E-state index in [1.54, 1.807) is 18.2 Å². The molecule has 1 N–H and O–H groups in total. The number of amides is 2. The summed E-state index contributed by atoms with van der Waals surface area (Å²) in [6.45, 7) is 3.78. The van der Waals surface area contributed by atoms with Crippen LogP contribution in [0.15, 0.2) is 48.5 Å². The first-order valence-corrected chi connectivity index (χ1v) is 8.31. The number of halogens is 1. The van der Waals surface area contributed by atoms with Gasteiger partial charge in [0.15, 0.2) is 0 Å². The van der Waals surface area contributed by atoms with E-state index in [4.69, 9.17) is 11.6 Å². The van der Waals surface area contributed by atoms with Gasteiger partial charge in [0.1, 0.15) is 0 Å². The van der Waals surface area contributed by atoms with Crippen LogP contribution in [0, 0.1) is 0 Å². The van der Waals surface area contributed by atoms with Crippen molar-refractivity contribution >= 4 is 34.8 Å². The molecule has 0 heterocycles. The quantitative estimate of drug-likeness (QED) is 0.850. The fourth-order valence-corrected chi connectivity index (χ4v) is 2.73. The van der Waals surface area contributed by atoms with Gasteiger partial charge in [-0.15, -0.1) is 0 Å². The second-order valence-electron chi connectivity index (χ2n) is 5.43. The maximum atomic E-state index is 12.2. The molecule has 0 radical (unpaired) electrons. The SMILES string of the molecule is CCc1ccccc1NC(=O)CCN(C(C)=O)c1ccccc1Cl. The molecule has 0 aliphatic carbocycles. The summed E-state index contributed by atoms with van der Waals surface area (Å²) in [7, 11) is 0. The Hall–Kier alpha value is -2.33. The third-order valence-electron chi connectivity index (χ3n) is 3.76. The van der Waals surface area contributed by atoms with E-state index in [0.29, 0.717) is 10.7 Å². The van der Waals surface area contributed by atoms with Crippen LogP contribution in [0.5, 0.6) is 0 Å². The molecular weight excluding hydrogens is 324 g/mol. The molecule has 0 fully saturated rings. The van der Waals surface area contributed by atoms with Crippen LogP contribution in [-0.2, 0) is 16.0 Å². The van der Waals surface area contributed by atoms with Gasteiger partial charge in [0.05, 0.1) is 10.7 Å². The molecule has 0 aliphatic heterocycles. The fourth-order valence-electron chi connectivity index (χ4n) is 2.49. The Labute approximate surface area is 147 Å². The van der Waals surface area contributed by atoms with E-state index in [0.717, 1.165) is 17.7 Å². The van der Waals surface area contributed by atoms with E-state index < -0.39 is 0 Å². The van der Waals surface area contributed by atoms with Crippen molar-refractivity contribution in [2.24, 2.45) is 0 Å². The highest BCUT2D eigenvalue weighted by atomic mass is 35.5. The second-order valence-corrected chi connectivity index (χ2v) is 5.84. The molecule has 0 atom stereocenters. The Balaban J connectivity index is 2.03. The molecule has 24 heavy (non-hydrogen) atoms. The molecule has 5 heteroatoms. The summed E-state index contributed by atoms with van der Waals surface area (Å²) in [4.78, 5) is 25.7. The monoisotopic (exact) mass is 344 g/mol. The third-order valence-corrected chi connectivity index (χ3v) is 4.08. The van der Waals surface area contributed by atoms with Crippen LogP contribution in [0.25, 0.3) is 0 Å². The average molecular weight is 345 g/mol. The Bertz CT molecular complexity index is 731. The van der Waals surface area contributed by atoms with Crippen LogP contribution < -0.4 is 10.2 Å². The van der Waals surface area contributed by atoms with Crippen LogP contribution in [0.1, 0.15) is 25.8 Å². The van der Waals surface area contributed by atoms with Crippen molar-refractivity contribution in [3.05, 3.63) is 59.1 Å². The van der Waals surface area contributed by atoms with Gasteiger partial charge in [-0.05, 0) is 30.2 Å². The number of nitrogens with zero attached hydrogens (tertiary/aromatic N) is 1. The first-order valence-electron chi connectivity index (χ1n) is 7.93. The molecule has 126 valence electrons. The maximum absolute atomic E-state index is 12.2. The highest BCUT2D eigenvalue weighted by Crippen LogP contribution is 2.25. The van der Waals surface area contributed by atoms with Crippen LogP contribution in [0.4, 0.5) is 11.4 Å². The standard InChI is InChI=1S/C19H21ClN2O2/c1-3-15-8-4-6-10-17(15)21-19(24)12-13-22(14(2)23)18-11-7-5-9-16(18)20/h4-11H,3,12-13H2,1-2H3,(H,21,24). The molecule has 0 unspecified atom stereocenters. The zero-order valence-electron chi connectivity index (χ0n) is 13.9. The lowest BCUT2D eigenvalue weighted by Gasteiger charge is -2.22. The number of benzene rings is 2. The minimum Gasteiger partial charge on any atom is -0.326 e. The van der Waals surface area contributed by atoms with Crippen LogP contribution >= 0.6 is 11.6 Å². The molecule has 2 aromatic carbocycles. The van der Waals surface area contributed by atoms with Crippen molar-refractivity contribution in [2.75, 3.05) is 16.8 Å². The van der Waals surface area contributed by atoms with E-state index in [2.05, 4.69) is 5.32 Å². The highest BCUT2D eigenvalue weighted by molar-refractivity contribution is 6.33. The molecule has 0 aromatic heterocycles. The van der Waals surface area contributed by atoms with E-state index in [-0.39, 0.29) is 24.8 Å². The molecule has 2 aromatic rings. The van der Waals surface area contributed by atoms with Crippen LogP contribution in [0.2, 0.25) is 5.02 Å². The molecule has 0 bridgehead atoms. The minimum atomic E-state index is -0.148. The first-order chi connectivity index (χ1) is 11.5. The van der Waals surface area contributed by atoms with Gasteiger partial charge in [0, 0.05) is 25.6 Å². The zero-order chi connectivity index (χ0) is 17.5. The van der Waals surface area contributed by atoms with Gasteiger partial charge in [-0.1, -0.05) is 48.9 Å². The smallest absolute Gasteiger partial charge is 0.226 e. The second kappa shape index (κ2) is 8.50. The summed E-state index contributed by atoms with van der Waals surface area (Å²) < 4.78 is 0. The van der Waals surface area contributed by atoms with Crippen molar-refractivity contribution in [1.82, 2.24) is 0 Å². The lowest BCUT2D eigenvalue weighted by atomic mass is 10.1. The molecule has 2 rings (SSSR count).